The fraction of sp³-hybridized carbons (Fsp3) is 0.500. The van der Waals surface area contributed by atoms with Crippen molar-refractivity contribution in [3.05, 3.63) is 21.8 Å². The topological polar surface area (TPSA) is 48.2 Å². The zero-order valence-electron chi connectivity index (χ0n) is 9.90. The third-order valence-corrected chi connectivity index (χ3v) is 3.95. The molecule has 0 aromatic carbocycles. The summed E-state index contributed by atoms with van der Waals surface area (Å²) in [4.78, 5) is 4.65. The molecule has 1 aliphatic rings. The molecule has 4 nitrogen and oxygen atoms in total. The molecular weight excluding hydrogens is 236 g/mol. The lowest BCUT2D eigenvalue weighted by molar-refractivity contribution is 0.112. The molecule has 3 rings (SSSR count). The van der Waals surface area contributed by atoms with E-state index in [0.717, 1.165) is 47.2 Å². The van der Waals surface area contributed by atoms with Gasteiger partial charge < -0.3 is 9.26 Å². The van der Waals surface area contributed by atoms with Gasteiger partial charge in [0.2, 0.25) is 0 Å². The van der Waals surface area contributed by atoms with Crippen molar-refractivity contribution in [2.75, 3.05) is 6.61 Å². The van der Waals surface area contributed by atoms with Crippen molar-refractivity contribution in [2.45, 2.75) is 32.8 Å². The minimum Gasteiger partial charge on any atom is -0.371 e. The Hall–Kier alpha value is -1.20. The lowest BCUT2D eigenvalue weighted by atomic mass is 10.1. The van der Waals surface area contributed by atoms with Crippen LogP contribution in [0, 0.1) is 13.8 Å². The molecule has 0 aliphatic carbocycles. The molecule has 3 heterocycles. The molecule has 0 saturated carbocycles. The molecule has 90 valence electrons. The molecule has 1 fully saturated rings. The van der Waals surface area contributed by atoms with Crippen LogP contribution in [0.2, 0.25) is 0 Å². The zero-order chi connectivity index (χ0) is 11.8. The SMILES string of the molecule is Cc1noc(C)c1-c1csc([C@@H]2CCCO2)n1. The van der Waals surface area contributed by atoms with Crippen LogP contribution in [0.5, 0.6) is 0 Å². The van der Waals surface area contributed by atoms with E-state index < -0.39 is 0 Å². The highest BCUT2D eigenvalue weighted by molar-refractivity contribution is 7.10. The van der Waals surface area contributed by atoms with Crippen molar-refractivity contribution < 1.29 is 9.26 Å². The van der Waals surface area contributed by atoms with Gasteiger partial charge in [-0.2, -0.15) is 0 Å². The first kappa shape index (κ1) is 10.9. The van der Waals surface area contributed by atoms with Gasteiger partial charge in [0, 0.05) is 12.0 Å². The van der Waals surface area contributed by atoms with E-state index in [4.69, 9.17) is 9.26 Å². The third-order valence-electron chi connectivity index (χ3n) is 3.02. The fourth-order valence-electron chi connectivity index (χ4n) is 2.17. The second kappa shape index (κ2) is 4.23. The standard InChI is InChI=1S/C12H14N2O2S/c1-7-11(8(2)16-14-7)9-6-17-12(13-9)10-4-3-5-15-10/h6,10H,3-5H2,1-2H3/t10-/m0/s1. The monoisotopic (exact) mass is 250 g/mol. The molecule has 0 N–H and O–H groups in total. The van der Waals surface area contributed by atoms with Crippen LogP contribution in [0.4, 0.5) is 0 Å². The molecule has 1 aliphatic heterocycles. The van der Waals surface area contributed by atoms with Crippen LogP contribution < -0.4 is 0 Å². The molecule has 0 bridgehead atoms. The van der Waals surface area contributed by atoms with E-state index in [0.29, 0.717) is 0 Å². The van der Waals surface area contributed by atoms with Gasteiger partial charge in [0.25, 0.3) is 0 Å². The van der Waals surface area contributed by atoms with Gasteiger partial charge in [-0.15, -0.1) is 11.3 Å². The van der Waals surface area contributed by atoms with Crippen LogP contribution in [0.25, 0.3) is 11.3 Å². The first-order valence-electron chi connectivity index (χ1n) is 5.76. The summed E-state index contributed by atoms with van der Waals surface area (Å²) < 4.78 is 10.8. The number of ether oxygens (including phenoxy) is 1. The normalized spacial score (nSPS) is 20.0. The molecule has 0 radical (unpaired) electrons. The van der Waals surface area contributed by atoms with E-state index in [2.05, 4.69) is 15.5 Å². The first-order chi connectivity index (χ1) is 8.25. The van der Waals surface area contributed by atoms with Gasteiger partial charge in [-0.1, -0.05) is 5.16 Å². The minimum absolute atomic E-state index is 0.189. The van der Waals surface area contributed by atoms with Crippen molar-refractivity contribution in [1.29, 1.82) is 0 Å². The lowest BCUT2D eigenvalue weighted by Gasteiger charge is -2.03. The highest BCUT2D eigenvalue weighted by atomic mass is 32.1. The highest BCUT2D eigenvalue weighted by Crippen LogP contribution is 2.34. The largest absolute Gasteiger partial charge is 0.371 e. The number of hydrogen-bond acceptors (Lipinski definition) is 5. The molecule has 17 heavy (non-hydrogen) atoms. The molecule has 5 heteroatoms. The summed E-state index contributed by atoms with van der Waals surface area (Å²) in [6.07, 6.45) is 2.40. The number of aryl methyl sites for hydroxylation is 2. The molecule has 0 amide bonds. The van der Waals surface area contributed by atoms with Gasteiger partial charge in [0.1, 0.15) is 16.9 Å². The van der Waals surface area contributed by atoms with Crippen LogP contribution in [-0.2, 0) is 4.74 Å². The molecule has 0 unspecified atom stereocenters. The van der Waals surface area contributed by atoms with Gasteiger partial charge in [0.15, 0.2) is 0 Å². The third kappa shape index (κ3) is 1.89. The Kier molecular flexibility index (Phi) is 2.72. The summed E-state index contributed by atoms with van der Waals surface area (Å²) in [7, 11) is 0. The Morgan fingerprint density at radius 2 is 2.29 bits per heavy atom. The Balaban J connectivity index is 1.94. The summed E-state index contributed by atoms with van der Waals surface area (Å²) in [5, 5.41) is 7.08. The molecule has 2 aromatic heterocycles. The smallest absolute Gasteiger partial charge is 0.143 e. The van der Waals surface area contributed by atoms with Crippen molar-refractivity contribution >= 4 is 11.3 Å². The average molecular weight is 250 g/mol. The summed E-state index contributed by atoms with van der Waals surface area (Å²) in [5.41, 5.74) is 2.87. The molecular formula is C12H14N2O2S. The Morgan fingerprint density at radius 3 is 2.94 bits per heavy atom. The van der Waals surface area contributed by atoms with Gasteiger partial charge in [-0.05, 0) is 26.7 Å². The lowest BCUT2D eigenvalue weighted by Crippen LogP contribution is -1.94. The second-order valence-corrected chi connectivity index (χ2v) is 5.16. The van der Waals surface area contributed by atoms with E-state index in [9.17, 15) is 0 Å². The fourth-order valence-corrected chi connectivity index (χ4v) is 3.06. The van der Waals surface area contributed by atoms with Crippen LogP contribution in [-0.4, -0.2) is 16.7 Å². The van der Waals surface area contributed by atoms with Crippen LogP contribution >= 0.6 is 11.3 Å². The van der Waals surface area contributed by atoms with Crippen molar-refractivity contribution in [3.8, 4) is 11.3 Å². The first-order valence-corrected chi connectivity index (χ1v) is 6.64. The molecule has 0 spiro atoms. The Morgan fingerprint density at radius 1 is 1.41 bits per heavy atom. The molecule has 1 saturated heterocycles. The van der Waals surface area contributed by atoms with Gasteiger partial charge in [0.05, 0.1) is 17.0 Å². The quantitative estimate of drug-likeness (QED) is 0.820. The highest BCUT2D eigenvalue weighted by Gasteiger charge is 2.22. The van der Waals surface area contributed by atoms with E-state index in [1.807, 2.05) is 13.8 Å². The van der Waals surface area contributed by atoms with Crippen LogP contribution in [0.3, 0.4) is 0 Å². The maximum absolute atomic E-state index is 5.64. The van der Waals surface area contributed by atoms with E-state index in [-0.39, 0.29) is 6.10 Å². The minimum atomic E-state index is 0.189. The number of aromatic nitrogens is 2. The molecule has 1 atom stereocenters. The Bertz CT molecular complexity index is 507. The van der Waals surface area contributed by atoms with Crippen molar-refractivity contribution in [1.82, 2.24) is 10.1 Å². The summed E-state index contributed by atoms with van der Waals surface area (Å²) in [5.74, 6) is 0.826. The van der Waals surface area contributed by atoms with Crippen molar-refractivity contribution in [2.24, 2.45) is 0 Å². The predicted octanol–water partition coefficient (Wildman–Crippen LogP) is 3.27. The second-order valence-electron chi connectivity index (χ2n) is 4.27. The molecule has 2 aromatic rings. The number of nitrogens with zero attached hydrogens (tertiary/aromatic N) is 2. The van der Waals surface area contributed by atoms with E-state index in [1.165, 1.54) is 0 Å². The van der Waals surface area contributed by atoms with E-state index in [1.54, 1.807) is 11.3 Å². The predicted molar refractivity (Wildman–Crippen MR) is 65.0 cm³/mol. The van der Waals surface area contributed by atoms with Crippen molar-refractivity contribution in [3.63, 3.8) is 0 Å². The number of thiazole rings is 1. The summed E-state index contributed by atoms with van der Waals surface area (Å²) in [6.45, 7) is 4.71. The maximum Gasteiger partial charge on any atom is 0.143 e. The average Bonchev–Trinajstić information content (AvgIpc) is 2.98. The van der Waals surface area contributed by atoms with Gasteiger partial charge in [-0.3, -0.25) is 0 Å². The van der Waals surface area contributed by atoms with E-state index >= 15 is 0 Å². The zero-order valence-corrected chi connectivity index (χ0v) is 10.7. The van der Waals surface area contributed by atoms with Gasteiger partial charge >= 0.3 is 0 Å². The summed E-state index contributed by atoms with van der Waals surface area (Å²) in [6, 6.07) is 0. The summed E-state index contributed by atoms with van der Waals surface area (Å²) >= 11 is 1.66. The number of rotatable bonds is 2. The number of hydrogen-bond donors (Lipinski definition) is 0. The Labute approximate surface area is 104 Å². The van der Waals surface area contributed by atoms with Gasteiger partial charge in [-0.25, -0.2) is 4.98 Å². The van der Waals surface area contributed by atoms with Crippen LogP contribution in [0.1, 0.15) is 35.4 Å². The van der Waals surface area contributed by atoms with Crippen LogP contribution in [0.15, 0.2) is 9.90 Å². The maximum atomic E-state index is 5.64.